The van der Waals surface area contributed by atoms with Crippen molar-refractivity contribution in [1.29, 1.82) is 5.26 Å². The van der Waals surface area contributed by atoms with Crippen LogP contribution in [0.15, 0.2) is 37.7 Å². The second kappa shape index (κ2) is 6.33. The van der Waals surface area contributed by atoms with Gasteiger partial charge in [-0.05, 0) is 29.5 Å². The minimum atomic E-state index is -0.562. The molecule has 5 nitrogen and oxygen atoms in total. The summed E-state index contributed by atoms with van der Waals surface area (Å²) in [5.74, 6) is 0. The Hall–Kier alpha value is -2.26. The number of rotatable bonds is 2. The molecule has 0 radical (unpaired) electrons. The van der Waals surface area contributed by atoms with Gasteiger partial charge in [0, 0.05) is 19.0 Å². The average Bonchev–Trinajstić information content (AvgIpc) is 2.51. The van der Waals surface area contributed by atoms with Gasteiger partial charge in [0.05, 0.1) is 0 Å². The van der Waals surface area contributed by atoms with Crippen LogP contribution in [-0.4, -0.2) is 9.13 Å². The number of nitriles is 1. The van der Waals surface area contributed by atoms with E-state index >= 15 is 0 Å². The Bertz CT molecular complexity index is 956. The van der Waals surface area contributed by atoms with Gasteiger partial charge in [-0.25, -0.2) is 4.79 Å². The molecular formula is C18H21N3O2S. The summed E-state index contributed by atoms with van der Waals surface area (Å²) in [6.45, 7) is 8.35. The van der Waals surface area contributed by atoms with E-state index in [2.05, 4.69) is 32.9 Å². The van der Waals surface area contributed by atoms with Gasteiger partial charge in [-0.1, -0.05) is 44.7 Å². The zero-order valence-electron chi connectivity index (χ0n) is 14.8. The molecule has 0 unspecified atom stereocenters. The fourth-order valence-electron chi connectivity index (χ4n) is 2.32. The van der Waals surface area contributed by atoms with Gasteiger partial charge in [-0.2, -0.15) is 5.26 Å². The minimum Gasteiger partial charge on any atom is -0.290 e. The Morgan fingerprint density at radius 2 is 1.75 bits per heavy atom. The molecule has 0 amide bonds. The molecule has 6 heteroatoms. The van der Waals surface area contributed by atoms with Gasteiger partial charge < -0.3 is 0 Å². The second-order valence-corrected chi connectivity index (χ2v) is 7.86. The summed E-state index contributed by atoms with van der Waals surface area (Å²) in [6, 6.07) is 8.10. The summed E-state index contributed by atoms with van der Waals surface area (Å²) in [7, 11) is 2.96. The van der Waals surface area contributed by atoms with E-state index in [1.54, 1.807) is 7.05 Å². The lowest BCUT2D eigenvalue weighted by Crippen LogP contribution is -2.39. The first kappa shape index (κ1) is 18.1. The third-order valence-electron chi connectivity index (χ3n) is 3.98. The molecule has 24 heavy (non-hydrogen) atoms. The molecule has 0 N–H and O–H groups in total. The van der Waals surface area contributed by atoms with Crippen molar-refractivity contribution >= 4 is 11.8 Å². The van der Waals surface area contributed by atoms with Gasteiger partial charge in [-0.3, -0.25) is 13.9 Å². The van der Waals surface area contributed by atoms with Crippen molar-refractivity contribution in [3.05, 3.63) is 55.7 Å². The summed E-state index contributed by atoms with van der Waals surface area (Å²) < 4.78 is 2.31. The van der Waals surface area contributed by atoms with Crippen molar-refractivity contribution < 1.29 is 0 Å². The molecule has 0 bridgehead atoms. The Morgan fingerprint density at radius 1 is 1.12 bits per heavy atom. The zero-order valence-corrected chi connectivity index (χ0v) is 15.6. The molecule has 0 aliphatic heterocycles. The van der Waals surface area contributed by atoms with E-state index < -0.39 is 11.2 Å². The van der Waals surface area contributed by atoms with Crippen molar-refractivity contribution in [3.8, 4) is 6.07 Å². The highest BCUT2D eigenvalue weighted by atomic mass is 32.2. The topological polar surface area (TPSA) is 67.8 Å². The zero-order chi connectivity index (χ0) is 18.2. The molecular weight excluding hydrogens is 322 g/mol. The quantitative estimate of drug-likeness (QED) is 0.786. The minimum absolute atomic E-state index is 0.00911. The molecule has 1 aromatic carbocycles. The fourth-order valence-corrected chi connectivity index (χ4v) is 3.39. The Labute approximate surface area is 145 Å². The predicted octanol–water partition coefficient (Wildman–Crippen LogP) is 2.71. The molecule has 2 aromatic rings. The largest absolute Gasteiger partial charge is 0.331 e. The first-order valence-electron chi connectivity index (χ1n) is 7.57. The first-order chi connectivity index (χ1) is 11.1. The van der Waals surface area contributed by atoms with Gasteiger partial charge >= 0.3 is 5.69 Å². The predicted molar refractivity (Wildman–Crippen MR) is 95.6 cm³/mol. The maximum absolute atomic E-state index is 12.2. The van der Waals surface area contributed by atoms with Crippen molar-refractivity contribution in [2.24, 2.45) is 14.1 Å². The van der Waals surface area contributed by atoms with E-state index in [1.165, 1.54) is 23.4 Å². The molecule has 0 saturated heterocycles. The summed E-state index contributed by atoms with van der Waals surface area (Å²) in [6.07, 6.45) is 0. The van der Waals surface area contributed by atoms with Crippen molar-refractivity contribution in [1.82, 2.24) is 9.13 Å². The normalized spacial score (nSPS) is 11.4. The van der Waals surface area contributed by atoms with E-state index in [9.17, 15) is 14.9 Å². The van der Waals surface area contributed by atoms with Gasteiger partial charge in [-0.15, -0.1) is 0 Å². The molecule has 0 atom stereocenters. The molecule has 1 heterocycles. The number of hydrogen-bond donors (Lipinski definition) is 0. The van der Waals surface area contributed by atoms with Gasteiger partial charge in [0.15, 0.2) is 0 Å². The van der Waals surface area contributed by atoms with Crippen LogP contribution in [0.4, 0.5) is 0 Å². The van der Waals surface area contributed by atoms with Crippen molar-refractivity contribution in [2.45, 2.75) is 43.0 Å². The van der Waals surface area contributed by atoms with Crippen LogP contribution in [0.5, 0.6) is 0 Å². The molecule has 2 rings (SSSR count). The number of aryl methyl sites for hydroxylation is 1. The van der Waals surface area contributed by atoms with Crippen LogP contribution in [-0.2, 0) is 19.5 Å². The van der Waals surface area contributed by atoms with Crippen LogP contribution >= 0.6 is 11.8 Å². The highest BCUT2D eigenvalue weighted by Gasteiger charge is 2.19. The smallest absolute Gasteiger partial charge is 0.290 e. The molecule has 0 spiro atoms. The molecule has 126 valence electrons. The van der Waals surface area contributed by atoms with Crippen LogP contribution < -0.4 is 11.2 Å². The average molecular weight is 343 g/mol. The summed E-state index contributed by atoms with van der Waals surface area (Å²) in [5, 5.41) is 9.75. The van der Waals surface area contributed by atoms with Crippen LogP contribution in [0.2, 0.25) is 0 Å². The number of hydrogen-bond acceptors (Lipinski definition) is 4. The fraction of sp³-hybridized carbons (Fsp3) is 0.389. The lowest BCUT2D eigenvalue weighted by atomic mass is 9.87. The van der Waals surface area contributed by atoms with E-state index in [-0.39, 0.29) is 11.0 Å². The van der Waals surface area contributed by atoms with Crippen LogP contribution in [0.25, 0.3) is 0 Å². The third kappa shape index (κ3) is 3.17. The lowest BCUT2D eigenvalue weighted by molar-refractivity contribution is 0.588. The second-order valence-electron chi connectivity index (χ2n) is 6.83. The lowest BCUT2D eigenvalue weighted by Gasteiger charge is -2.21. The summed E-state index contributed by atoms with van der Waals surface area (Å²) in [5.41, 5.74) is 1.16. The highest BCUT2D eigenvalue weighted by molar-refractivity contribution is 7.99. The molecule has 0 saturated carbocycles. The molecule has 0 aliphatic rings. The molecule has 0 aliphatic carbocycles. The van der Waals surface area contributed by atoms with Crippen LogP contribution in [0.3, 0.4) is 0 Å². The third-order valence-corrected chi connectivity index (χ3v) is 5.31. The van der Waals surface area contributed by atoms with Crippen LogP contribution in [0, 0.1) is 18.3 Å². The van der Waals surface area contributed by atoms with Gasteiger partial charge in [0.2, 0.25) is 0 Å². The molecule has 1 aromatic heterocycles. The highest BCUT2D eigenvalue weighted by Crippen LogP contribution is 2.34. The van der Waals surface area contributed by atoms with E-state index in [1.807, 2.05) is 19.1 Å². The maximum Gasteiger partial charge on any atom is 0.331 e. The number of nitrogens with zero attached hydrogens (tertiary/aromatic N) is 3. The summed E-state index contributed by atoms with van der Waals surface area (Å²) >= 11 is 1.29. The van der Waals surface area contributed by atoms with Crippen molar-refractivity contribution in [2.75, 3.05) is 0 Å². The number of benzene rings is 1. The Balaban J connectivity index is 2.68. The first-order valence-corrected chi connectivity index (χ1v) is 8.38. The monoisotopic (exact) mass is 343 g/mol. The van der Waals surface area contributed by atoms with E-state index in [0.717, 1.165) is 20.6 Å². The standard InChI is InChI=1S/C18H21N3O2S/c1-11-7-8-12(18(2,3)4)9-14(11)24-16-13(10-19)15(22)20(5)17(23)21(16)6/h7-9H,1-6H3. The Morgan fingerprint density at radius 3 is 2.29 bits per heavy atom. The van der Waals surface area contributed by atoms with Crippen LogP contribution in [0.1, 0.15) is 37.5 Å². The molecule has 0 fully saturated rings. The number of aromatic nitrogens is 2. The Kier molecular flexibility index (Phi) is 4.77. The summed E-state index contributed by atoms with van der Waals surface area (Å²) in [4.78, 5) is 25.3. The van der Waals surface area contributed by atoms with E-state index in [4.69, 9.17) is 0 Å². The van der Waals surface area contributed by atoms with E-state index in [0.29, 0.717) is 5.03 Å². The van der Waals surface area contributed by atoms with Gasteiger partial charge in [0.25, 0.3) is 5.56 Å². The van der Waals surface area contributed by atoms with Crippen molar-refractivity contribution in [3.63, 3.8) is 0 Å². The van der Waals surface area contributed by atoms with Gasteiger partial charge in [0.1, 0.15) is 16.7 Å². The maximum atomic E-state index is 12.2. The SMILES string of the molecule is Cc1ccc(C(C)(C)C)cc1Sc1c(C#N)c(=O)n(C)c(=O)n1C.